The number of hydrogen-bond acceptors (Lipinski definition) is 4. The molecule has 23 heavy (non-hydrogen) atoms. The van der Waals surface area contributed by atoms with Crippen LogP contribution in [0.2, 0.25) is 0 Å². The van der Waals surface area contributed by atoms with E-state index < -0.39 is 0 Å². The first-order valence-corrected chi connectivity index (χ1v) is 7.85. The minimum absolute atomic E-state index is 0.0150. The number of hydrogen-bond donors (Lipinski definition) is 1. The van der Waals surface area contributed by atoms with Gasteiger partial charge in [-0.3, -0.25) is 14.4 Å². The van der Waals surface area contributed by atoms with Crippen LogP contribution in [0, 0.1) is 0 Å². The summed E-state index contributed by atoms with van der Waals surface area (Å²) >= 11 is 0. The Morgan fingerprint density at radius 3 is 2.83 bits per heavy atom. The molecule has 1 N–H and O–H groups in total. The van der Waals surface area contributed by atoms with Crippen LogP contribution in [0.4, 0.5) is 5.69 Å². The number of nitrogens with one attached hydrogen (secondary N) is 1. The predicted molar refractivity (Wildman–Crippen MR) is 86.7 cm³/mol. The van der Waals surface area contributed by atoms with Gasteiger partial charge in [0.05, 0.1) is 5.69 Å². The molecule has 124 valence electrons. The molecule has 0 saturated carbocycles. The van der Waals surface area contributed by atoms with Gasteiger partial charge in [0.2, 0.25) is 5.91 Å². The fourth-order valence-corrected chi connectivity index (χ4v) is 2.33. The van der Waals surface area contributed by atoms with E-state index in [1.165, 1.54) is 0 Å². The zero-order chi connectivity index (χ0) is 16.8. The van der Waals surface area contributed by atoms with Crippen LogP contribution in [0.15, 0.2) is 18.2 Å². The van der Waals surface area contributed by atoms with Crippen LogP contribution in [0.1, 0.15) is 43.0 Å². The van der Waals surface area contributed by atoms with Gasteiger partial charge >= 0.3 is 0 Å². The Hall–Kier alpha value is -2.37. The number of carbonyl (C=O) groups is 3. The first-order chi connectivity index (χ1) is 11.0. The van der Waals surface area contributed by atoms with Gasteiger partial charge in [0.15, 0.2) is 12.4 Å². The van der Waals surface area contributed by atoms with Crippen LogP contribution in [0.3, 0.4) is 0 Å². The molecule has 0 fully saturated rings. The second-order valence-electron chi connectivity index (χ2n) is 5.64. The molecule has 0 unspecified atom stereocenters. The molecule has 0 aliphatic carbocycles. The Labute approximate surface area is 135 Å². The Morgan fingerprint density at radius 1 is 1.30 bits per heavy atom. The predicted octanol–water partition coefficient (Wildman–Crippen LogP) is 2.24. The number of fused-ring (bicyclic) bond motifs is 1. The SMILES string of the molecule is CCCCN(C)C(=O)CCC(=O)c1ccc2c(c1)NC(=O)CO2. The lowest BCUT2D eigenvalue weighted by atomic mass is 10.0. The highest BCUT2D eigenvalue weighted by Gasteiger charge is 2.18. The molecule has 1 aliphatic rings. The van der Waals surface area contributed by atoms with Crippen molar-refractivity contribution in [1.29, 1.82) is 0 Å². The van der Waals surface area contributed by atoms with Gasteiger partial charge in [-0.15, -0.1) is 0 Å². The summed E-state index contributed by atoms with van der Waals surface area (Å²) in [5.74, 6) is 0.164. The van der Waals surface area contributed by atoms with E-state index in [2.05, 4.69) is 12.2 Å². The lowest BCUT2D eigenvalue weighted by molar-refractivity contribution is -0.129. The molecule has 0 spiro atoms. The molecule has 0 aromatic heterocycles. The average Bonchev–Trinajstić information content (AvgIpc) is 2.56. The van der Waals surface area contributed by atoms with Crippen molar-refractivity contribution in [2.45, 2.75) is 32.6 Å². The molecule has 2 amide bonds. The number of unbranched alkanes of at least 4 members (excludes halogenated alkanes) is 1. The Morgan fingerprint density at radius 2 is 2.09 bits per heavy atom. The van der Waals surface area contributed by atoms with Gasteiger partial charge in [-0.1, -0.05) is 13.3 Å². The summed E-state index contributed by atoms with van der Waals surface area (Å²) in [6.45, 7) is 2.77. The van der Waals surface area contributed by atoms with Gasteiger partial charge in [0, 0.05) is 32.0 Å². The zero-order valence-corrected chi connectivity index (χ0v) is 13.6. The number of rotatable bonds is 7. The number of nitrogens with zero attached hydrogens (tertiary/aromatic N) is 1. The van der Waals surface area contributed by atoms with Gasteiger partial charge in [-0.05, 0) is 24.6 Å². The fourth-order valence-electron chi connectivity index (χ4n) is 2.33. The number of amides is 2. The molecule has 6 heteroatoms. The van der Waals surface area contributed by atoms with E-state index in [0.717, 1.165) is 12.8 Å². The number of ether oxygens (including phenoxy) is 1. The highest BCUT2D eigenvalue weighted by atomic mass is 16.5. The molecule has 0 bridgehead atoms. The Balaban J connectivity index is 1.92. The summed E-state index contributed by atoms with van der Waals surface area (Å²) in [5.41, 5.74) is 0.969. The van der Waals surface area contributed by atoms with E-state index in [9.17, 15) is 14.4 Å². The number of carbonyl (C=O) groups excluding carboxylic acids is 3. The van der Waals surface area contributed by atoms with Gasteiger partial charge < -0.3 is 15.0 Å². The van der Waals surface area contributed by atoms with Crippen LogP contribution >= 0.6 is 0 Å². The van der Waals surface area contributed by atoms with Crippen molar-refractivity contribution in [2.24, 2.45) is 0 Å². The molecule has 1 aromatic rings. The minimum Gasteiger partial charge on any atom is -0.482 e. The van der Waals surface area contributed by atoms with Gasteiger partial charge in [-0.25, -0.2) is 0 Å². The van der Waals surface area contributed by atoms with Crippen molar-refractivity contribution in [3.63, 3.8) is 0 Å². The molecule has 0 radical (unpaired) electrons. The average molecular weight is 318 g/mol. The van der Waals surface area contributed by atoms with Crippen molar-refractivity contribution in [3.8, 4) is 5.75 Å². The molecule has 1 heterocycles. The number of Topliss-reactive ketones (excluding diaryl/α,β-unsaturated/α-hetero) is 1. The summed E-state index contributed by atoms with van der Waals surface area (Å²) in [5, 5.41) is 2.67. The molecule has 1 aromatic carbocycles. The van der Waals surface area contributed by atoms with E-state index in [-0.39, 0.29) is 37.0 Å². The first-order valence-electron chi connectivity index (χ1n) is 7.85. The maximum atomic E-state index is 12.2. The smallest absolute Gasteiger partial charge is 0.262 e. The molecule has 2 rings (SSSR count). The highest BCUT2D eigenvalue weighted by molar-refractivity contribution is 6.01. The topological polar surface area (TPSA) is 75.7 Å². The molecule has 1 aliphatic heterocycles. The van der Waals surface area contributed by atoms with Gasteiger partial charge in [0.1, 0.15) is 5.75 Å². The van der Waals surface area contributed by atoms with E-state index >= 15 is 0 Å². The molecule has 0 atom stereocenters. The maximum absolute atomic E-state index is 12.2. The molecule has 0 saturated heterocycles. The van der Waals surface area contributed by atoms with Crippen LogP contribution in [-0.4, -0.2) is 42.7 Å². The maximum Gasteiger partial charge on any atom is 0.262 e. The second kappa shape index (κ2) is 7.76. The third-order valence-electron chi connectivity index (χ3n) is 3.77. The Kier molecular flexibility index (Phi) is 5.73. The summed E-state index contributed by atoms with van der Waals surface area (Å²) in [4.78, 5) is 37.2. The van der Waals surface area contributed by atoms with Crippen LogP contribution < -0.4 is 10.1 Å². The minimum atomic E-state index is -0.241. The van der Waals surface area contributed by atoms with E-state index in [1.807, 2.05) is 0 Å². The third-order valence-corrected chi connectivity index (χ3v) is 3.77. The summed E-state index contributed by atoms with van der Waals surface area (Å²) in [6.07, 6.45) is 2.34. The Bertz CT molecular complexity index is 613. The molecule has 6 nitrogen and oxygen atoms in total. The standard InChI is InChI=1S/C17H22N2O4/c1-3-4-9-19(2)17(22)8-6-14(20)12-5-7-15-13(10-12)18-16(21)11-23-15/h5,7,10H,3-4,6,8-9,11H2,1-2H3,(H,18,21). The van der Waals surface area contributed by atoms with Crippen LogP contribution in [-0.2, 0) is 9.59 Å². The monoisotopic (exact) mass is 318 g/mol. The quantitative estimate of drug-likeness (QED) is 0.782. The first kappa shape index (κ1) is 17.0. The summed E-state index contributed by atoms with van der Waals surface area (Å²) < 4.78 is 5.25. The van der Waals surface area contributed by atoms with Crippen LogP contribution in [0.5, 0.6) is 5.75 Å². The van der Waals surface area contributed by atoms with Gasteiger partial charge in [-0.2, -0.15) is 0 Å². The largest absolute Gasteiger partial charge is 0.482 e. The molecular weight excluding hydrogens is 296 g/mol. The number of benzene rings is 1. The third kappa shape index (κ3) is 4.55. The second-order valence-corrected chi connectivity index (χ2v) is 5.64. The van der Waals surface area contributed by atoms with Gasteiger partial charge in [0.25, 0.3) is 5.91 Å². The van der Waals surface area contributed by atoms with E-state index in [1.54, 1.807) is 30.1 Å². The lowest BCUT2D eigenvalue weighted by Crippen LogP contribution is -2.28. The van der Waals surface area contributed by atoms with E-state index in [4.69, 9.17) is 4.74 Å². The lowest BCUT2D eigenvalue weighted by Gasteiger charge is -2.18. The normalized spacial score (nSPS) is 12.9. The number of ketones is 1. The van der Waals surface area contributed by atoms with Crippen molar-refractivity contribution >= 4 is 23.3 Å². The highest BCUT2D eigenvalue weighted by Crippen LogP contribution is 2.28. The van der Waals surface area contributed by atoms with Crippen molar-refractivity contribution < 1.29 is 19.1 Å². The van der Waals surface area contributed by atoms with Crippen molar-refractivity contribution in [3.05, 3.63) is 23.8 Å². The fraction of sp³-hybridized carbons (Fsp3) is 0.471. The number of anilines is 1. The van der Waals surface area contributed by atoms with Crippen molar-refractivity contribution in [2.75, 3.05) is 25.5 Å². The summed E-state index contributed by atoms with van der Waals surface area (Å²) in [7, 11) is 1.76. The summed E-state index contributed by atoms with van der Waals surface area (Å²) in [6, 6.07) is 4.92. The molecular formula is C17H22N2O4. The van der Waals surface area contributed by atoms with Crippen LogP contribution in [0.25, 0.3) is 0 Å². The zero-order valence-electron chi connectivity index (χ0n) is 13.6. The van der Waals surface area contributed by atoms with E-state index in [0.29, 0.717) is 23.5 Å². The van der Waals surface area contributed by atoms with Crippen molar-refractivity contribution in [1.82, 2.24) is 4.90 Å².